The number of halogens is 2. The van der Waals surface area contributed by atoms with Crippen molar-refractivity contribution in [3.63, 3.8) is 0 Å². The predicted molar refractivity (Wildman–Crippen MR) is 149 cm³/mol. The molecule has 0 aliphatic carbocycles. The average molecular weight is 528 g/mol. The molecule has 1 N–H and O–H groups in total. The first kappa shape index (κ1) is 25.6. The van der Waals surface area contributed by atoms with Crippen molar-refractivity contribution in [2.24, 2.45) is 0 Å². The molecule has 1 unspecified atom stereocenters. The second-order valence-electron chi connectivity index (χ2n) is 10.3. The minimum absolute atomic E-state index is 0.128. The van der Waals surface area contributed by atoms with Crippen LogP contribution in [0, 0.1) is 0 Å². The van der Waals surface area contributed by atoms with Gasteiger partial charge in [-0.25, -0.2) is 0 Å². The molecule has 3 heterocycles. The number of nitrogens with one attached hydrogen (secondary N) is 1. The van der Waals surface area contributed by atoms with Crippen LogP contribution in [0.15, 0.2) is 42.5 Å². The average Bonchev–Trinajstić information content (AvgIpc) is 3.27. The molecule has 5 rings (SSSR count). The van der Waals surface area contributed by atoms with Crippen LogP contribution in [0.1, 0.15) is 60.6 Å². The smallest absolute Gasteiger partial charge is 0.270 e. The Kier molecular flexibility index (Phi) is 7.92. The van der Waals surface area contributed by atoms with Crippen molar-refractivity contribution in [2.75, 3.05) is 39.3 Å². The Hall–Kier alpha value is -2.05. The van der Waals surface area contributed by atoms with Gasteiger partial charge in [0.15, 0.2) is 0 Å². The molecule has 2 aliphatic heterocycles. The van der Waals surface area contributed by atoms with Gasteiger partial charge in [-0.2, -0.15) is 0 Å². The number of piperazine rings is 1. The zero-order chi connectivity index (χ0) is 25.2. The highest BCUT2D eigenvalue weighted by atomic mass is 35.5. The molecular formula is C29H36Cl2N4O. The number of benzene rings is 2. The number of amides is 1. The number of likely N-dealkylation sites (tertiary alicyclic amines) is 1. The number of para-hydroxylation sites is 1. The van der Waals surface area contributed by atoms with Crippen molar-refractivity contribution in [1.29, 1.82) is 0 Å². The van der Waals surface area contributed by atoms with Gasteiger partial charge in [-0.3, -0.25) is 14.6 Å². The molecule has 2 fully saturated rings. The van der Waals surface area contributed by atoms with E-state index in [0.717, 1.165) is 103 Å². The van der Waals surface area contributed by atoms with Crippen molar-refractivity contribution >= 4 is 40.0 Å². The number of fused-ring (bicyclic) bond motifs is 1. The highest BCUT2D eigenvalue weighted by molar-refractivity contribution is 6.36. The third kappa shape index (κ3) is 5.17. The minimum Gasteiger partial charge on any atom is -0.350 e. The highest BCUT2D eigenvalue weighted by Gasteiger charge is 2.29. The van der Waals surface area contributed by atoms with Gasteiger partial charge in [0.05, 0.1) is 0 Å². The monoisotopic (exact) mass is 526 g/mol. The lowest BCUT2D eigenvalue weighted by Gasteiger charge is -2.38. The Balaban J connectivity index is 1.31. The summed E-state index contributed by atoms with van der Waals surface area (Å²) in [6, 6.07) is 14.6. The van der Waals surface area contributed by atoms with Gasteiger partial charge in [-0.05, 0) is 69.0 Å². The van der Waals surface area contributed by atoms with Gasteiger partial charge in [-0.15, -0.1) is 0 Å². The molecule has 2 saturated heterocycles. The summed E-state index contributed by atoms with van der Waals surface area (Å²) in [6.07, 6.45) is 3.15. The van der Waals surface area contributed by atoms with E-state index in [1.165, 1.54) is 0 Å². The molecule has 0 bridgehead atoms. The van der Waals surface area contributed by atoms with E-state index in [9.17, 15) is 4.79 Å². The van der Waals surface area contributed by atoms with E-state index in [-0.39, 0.29) is 5.91 Å². The lowest BCUT2D eigenvalue weighted by molar-refractivity contribution is 0.0573. The summed E-state index contributed by atoms with van der Waals surface area (Å²) >= 11 is 13.0. The molecule has 0 radical (unpaired) electrons. The Labute approximate surface area is 224 Å². The maximum atomic E-state index is 13.7. The molecule has 2 aromatic carbocycles. The van der Waals surface area contributed by atoms with Crippen LogP contribution in [-0.4, -0.2) is 70.9 Å². The number of H-pyrrole nitrogens is 1. The van der Waals surface area contributed by atoms with E-state index >= 15 is 0 Å². The lowest BCUT2D eigenvalue weighted by atomic mass is 9.89. The van der Waals surface area contributed by atoms with E-state index < -0.39 is 0 Å². The van der Waals surface area contributed by atoms with E-state index in [2.05, 4.69) is 46.8 Å². The molecule has 0 spiro atoms. The second-order valence-corrected chi connectivity index (χ2v) is 11.1. The van der Waals surface area contributed by atoms with Crippen LogP contribution in [0.25, 0.3) is 10.9 Å². The van der Waals surface area contributed by atoms with Crippen LogP contribution >= 0.6 is 23.2 Å². The standard InChI is InChI=1S/C29H36Cl2N4O/c1-3-20(2)34-15-17-35(18-16-34)29(36)28-23(22-7-4-5-10-26(22)32-28)19-33-13-11-21(12-14-33)27-24(30)8-6-9-25(27)31/h4-10,20-21,32H,3,11-19H2,1-2H3. The van der Waals surface area contributed by atoms with Gasteiger partial charge in [0.1, 0.15) is 5.69 Å². The van der Waals surface area contributed by atoms with Gasteiger partial charge < -0.3 is 9.88 Å². The summed E-state index contributed by atoms with van der Waals surface area (Å²) < 4.78 is 0. The van der Waals surface area contributed by atoms with Crippen molar-refractivity contribution in [2.45, 2.75) is 51.6 Å². The molecular weight excluding hydrogens is 491 g/mol. The number of piperidine rings is 1. The van der Waals surface area contributed by atoms with Gasteiger partial charge in [0.2, 0.25) is 0 Å². The predicted octanol–water partition coefficient (Wildman–Crippen LogP) is 6.41. The number of carbonyl (C=O) groups is 1. The summed E-state index contributed by atoms with van der Waals surface area (Å²) in [5.41, 5.74) is 3.99. The zero-order valence-corrected chi connectivity index (χ0v) is 22.8. The topological polar surface area (TPSA) is 42.6 Å². The Morgan fingerprint density at radius 3 is 2.31 bits per heavy atom. The summed E-state index contributed by atoms with van der Waals surface area (Å²) in [7, 11) is 0. The number of nitrogens with zero attached hydrogens (tertiary/aromatic N) is 3. The first-order valence-corrected chi connectivity index (χ1v) is 14.0. The summed E-state index contributed by atoms with van der Waals surface area (Å²) in [5.74, 6) is 0.496. The maximum Gasteiger partial charge on any atom is 0.270 e. The SMILES string of the molecule is CCC(C)N1CCN(C(=O)c2[nH]c3ccccc3c2CN2CCC(c3c(Cl)cccc3Cl)CC2)CC1. The van der Waals surface area contributed by atoms with Crippen LogP contribution in [0.3, 0.4) is 0 Å². The molecule has 2 aliphatic rings. The highest BCUT2D eigenvalue weighted by Crippen LogP contribution is 2.38. The minimum atomic E-state index is 0.128. The van der Waals surface area contributed by atoms with Gasteiger partial charge in [0.25, 0.3) is 5.91 Å². The van der Waals surface area contributed by atoms with Gasteiger partial charge in [-0.1, -0.05) is 54.4 Å². The van der Waals surface area contributed by atoms with E-state index in [1.54, 1.807) is 0 Å². The number of rotatable bonds is 6. The first-order chi connectivity index (χ1) is 17.5. The number of carbonyl (C=O) groups excluding carboxylic acids is 1. The maximum absolute atomic E-state index is 13.7. The van der Waals surface area contributed by atoms with Crippen LogP contribution in [-0.2, 0) is 6.54 Å². The fourth-order valence-electron chi connectivity index (χ4n) is 5.83. The molecule has 1 aromatic heterocycles. The van der Waals surface area contributed by atoms with E-state index in [1.807, 2.05) is 29.2 Å². The van der Waals surface area contributed by atoms with E-state index in [0.29, 0.717) is 12.0 Å². The van der Waals surface area contributed by atoms with Crippen LogP contribution < -0.4 is 0 Å². The van der Waals surface area contributed by atoms with Crippen molar-refractivity contribution < 1.29 is 4.79 Å². The molecule has 7 heteroatoms. The molecule has 0 saturated carbocycles. The third-order valence-electron chi connectivity index (χ3n) is 8.22. The first-order valence-electron chi connectivity index (χ1n) is 13.3. The van der Waals surface area contributed by atoms with Crippen molar-refractivity contribution in [3.05, 3.63) is 69.3 Å². The summed E-state index contributed by atoms with van der Waals surface area (Å²) in [4.78, 5) is 24.2. The number of hydrogen-bond donors (Lipinski definition) is 1. The van der Waals surface area contributed by atoms with Gasteiger partial charge >= 0.3 is 0 Å². The number of aromatic nitrogens is 1. The normalized spacial score (nSPS) is 19.2. The largest absolute Gasteiger partial charge is 0.350 e. The summed E-state index contributed by atoms with van der Waals surface area (Å²) in [5, 5.41) is 2.67. The molecule has 36 heavy (non-hydrogen) atoms. The molecule has 192 valence electrons. The summed E-state index contributed by atoms with van der Waals surface area (Å²) in [6.45, 7) is 10.6. The fraction of sp³-hybridized carbons (Fsp3) is 0.483. The van der Waals surface area contributed by atoms with Crippen LogP contribution in [0.2, 0.25) is 10.0 Å². The van der Waals surface area contributed by atoms with Crippen LogP contribution in [0.4, 0.5) is 0 Å². The molecule has 3 aromatic rings. The fourth-order valence-corrected chi connectivity index (χ4v) is 6.54. The quantitative estimate of drug-likeness (QED) is 0.403. The zero-order valence-electron chi connectivity index (χ0n) is 21.3. The second kappa shape index (κ2) is 11.1. The molecule has 1 atom stereocenters. The molecule has 1 amide bonds. The lowest BCUT2D eigenvalue weighted by Crippen LogP contribution is -2.51. The van der Waals surface area contributed by atoms with Crippen molar-refractivity contribution in [1.82, 2.24) is 19.7 Å². The Morgan fingerprint density at radius 2 is 1.64 bits per heavy atom. The number of aromatic amines is 1. The molecule has 5 nitrogen and oxygen atoms in total. The van der Waals surface area contributed by atoms with E-state index in [4.69, 9.17) is 23.2 Å². The Bertz CT molecular complexity index is 1190. The number of hydrogen-bond acceptors (Lipinski definition) is 3. The van der Waals surface area contributed by atoms with Crippen molar-refractivity contribution in [3.8, 4) is 0 Å². The Morgan fingerprint density at radius 1 is 0.972 bits per heavy atom. The third-order valence-corrected chi connectivity index (χ3v) is 8.88. The van der Waals surface area contributed by atoms with Crippen LogP contribution in [0.5, 0.6) is 0 Å². The van der Waals surface area contributed by atoms with Gasteiger partial charge in [0, 0.05) is 65.3 Å².